The average Bonchev–Trinajstić information content (AvgIpc) is 2.19. The van der Waals surface area contributed by atoms with E-state index in [-0.39, 0.29) is 16.3 Å². The summed E-state index contributed by atoms with van der Waals surface area (Å²) in [5.41, 5.74) is 0.215. The number of aromatic carboxylic acids is 1. The van der Waals surface area contributed by atoms with E-state index in [0.717, 1.165) is 0 Å². The van der Waals surface area contributed by atoms with Gasteiger partial charge in [0.1, 0.15) is 5.75 Å². The van der Waals surface area contributed by atoms with Crippen LogP contribution in [-0.4, -0.2) is 17.7 Å². The lowest BCUT2D eigenvalue weighted by molar-refractivity contribution is -0.0498. The highest BCUT2D eigenvalue weighted by molar-refractivity contribution is 9.08. The predicted molar refractivity (Wildman–Crippen MR) is 57.7 cm³/mol. The van der Waals surface area contributed by atoms with Crippen LogP contribution < -0.4 is 4.74 Å². The van der Waals surface area contributed by atoms with Gasteiger partial charge in [-0.2, -0.15) is 8.78 Å². The van der Waals surface area contributed by atoms with Gasteiger partial charge in [0.25, 0.3) is 0 Å². The van der Waals surface area contributed by atoms with Gasteiger partial charge in [-0.1, -0.05) is 27.5 Å². The van der Waals surface area contributed by atoms with Crippen LogP contribution in [0.1, 0.15) is 15.9 Å². The first-order chi connectivity index (χ1) is 7.45. The molecule has 0 atom stereocenters. The number of ether oxygens (including phenoxy) is 1. The highest BCUT2D eigenvalue weighted by atomic mass is 79.9. The molecule has 0 saturated carbocycles. The van der Waals surface area contributed by atoms with Gasteiger partial charge >= 0.3 is 12.6 Å². The third-order valence-electron chi connectivity index (χ3n) is 1.70. The van der Waals surface area contributed by atoms with Gasteiger partial charge in [-0.15, -0.1) is 0 Å². The first-order valence-electron chi connectivity index (χ1n) is 4.02. The highest BCUT2D eigenvalue weighted by Crippen LogP contribution is 2.32. The van der Waals surface area contributed by atoms with Crippen LogP contribution in [0, 0.1) is 0 Å². The van der Waals surface area contributed by atoms with E-state index in [2.05, 4.69) is 20.7 Å². The number of benzene rings is 1. The van der Waals surface area contributed by atoms with Crippen molar-refractivity contribution in [3.05, 3.63) is 28.3 Å². The van der Waals surface area contributed by atoms with Gasteiger partial charge in [0.15, 0.2) is 0 Å². The van der Waals surface area contributed by atoms with E-state index in [1.165, 1.54) is 12.1 Å². The minimum Gasteiger partial charge on any atom is -0.478 e. The minimum atomic E-state index is -3.05. The maximum Gasteiger partial charge on any atom is 0.387 e. The van der Waals surface area contributed by atoms with E-state index in [4.69, 9.17) is 16.7 Å². The van der Waals surface area contributed by atoms with E-state index in [0.29, 0.717) is 10.9 Å². The Labute approximate surface area is 103 Å². The van der Waals surface area contributed by atoms with Crippen molar-refractivity contribution in [2.45, 2.75) is 11.9 Å². The maximum absolute atomic E-state index is 12.0. The summed E-state index contributed by atoms with van der Waals surface area (Å²) >= 11 is 8.71. The van der Waals surface area contributed by atoms with Gasteiger partial charge in [0.05, 0.1) is 10.6 Å². The predicted octanol–water partition coefficient (Wildman–Crippen LogP) is 3.53. The zero-order chi connectivity index (χ0) is 12.3. The molecule has 3 nitrogen and oxygen atoms in total. The number of hydrogen-bond acceptors (Lipinski definition) is 2. The molecule has 1 aromatic carbocycles. The summed E-state index contributed by atoms with van der Waals surface area (Å²) in [6.45, 7) is -3.05. The van der Waals surface area contributed by atoms with Crippen molar-refractivity contribution in [3.8, 4) is 5.75 Å². The van der Waals surface area contributed by atoms with Crippen LogP contribution >= 0.6 is 27.5 Å². The van der Waals surface area contributed by atoms with Gasteiger partial charge in [0, 0.05) is 5.33 Å². The zero-order valence-corrected chi connectivity index (χ0v) is 10.1. The second-order valence-electron chi connectivity index (χ2n) is 2.77. The number of carboxylic acids is 1. The molecular weight excluding hydrogens is 309 g/mol. The molecule has 0 fully saturated rings. The largest absolute Gasteiger partial charge is 0.478 e. The Balaban J connectivity index is 3.25. The van der Waals surface area contributed by atoms with Gasteiger partial charge in [-0.05, 0) is 17.7 Å². The number of alkyl halides is 3. The number of carbonyl (C=O) groups is 1. The highest BCUT2D eigenvalue weighted by Gasteiger charge is 2.17. The molecule has 0 saturated heterocycles. The van der Waals surface area contributed by atoms with E-state index in [9.17, 15) is 13.6 Å². The molecule has 0 spiro atoms. The molecule has 0 aromatic heterocycles. The second kappa shape index (κ2) is 5.45. The normalized spacial score (nSPS) is 10.6. The molecule has 0 bridgehead atoms. The number of halogens is 4. The van der Waals surface area contributed by atoms with E-state index in [1.807, 2.05) is 0 Å². The molecule has 0 amide bonds. The first-order valence-corrected chi connectivity index (χ1v) is 5.52. The van der Waals surface area contributed by atoms with Crippen molar-refractivity contribution < 1.29 is 23.4 Å². The fraction of sp³-hybridized carbons (Fsp3) is 0.222. The van der Waals surface area contributed by atoms with Gasteiger partial charge < -0.3 is 9.84 Å². The third kappa shape index (κ3) is 3.05. The number of rotatable bonds is 4. The van der Waals surface area contributed by atoms with E-state index in [1.54, 1.807) is 0 Å². The van der Waals surface area contributed by atoms with Crippen LogP contribution in [0.25, 0.3) is 0 Å². The fourth-order valence-corrected chi connectivity index (χ4v) is 1.63. The van der Waals surface area contributed by atoms with Crippen LogP contribution in [0.5, 0.6) is 5.75 Å². The van der Waals surface area contributed by atoms with Crippen molar-refractivity contribution in [1.29, 1.82) is 0 Å². The van der Waals surface area contributed by atoms with Gasteiger partial charge in [0.2, 0.25) is 0 Å². The van der Waals surface area contributed by atoms with E-state index < -0.39 is 12.6 Å². The molecule has 0 radical (unpaired) electrons. The van der Waals surface area contributed by atoms with Crippen molar-refractivity contribution in [3.63, 3.8) is 0 Å². The molecule has 1 aromatic rings. The van der Waals surface area contributed by atoms with Gasteiger partial charge in [-0.3, -0.25) is 0 Å². The van der Waals surface area contributed by atoms with Crippen molar-refractivity contribution in [1.82, 2.24) is 0 Å². The first kappa shape index (κ1) is 13.2. The number of hydrogen-bond donors (Lipinski definition) is 1. The monoisotopic (exact) mass is 314 g/mol. The smallest absolute Gasteiger partial charge is 0.387 e. The number of carboxylic acid groups (broad SMARTS) is 1. The van der Waals surface area contributed by atoms with E-state index >= 15 is 0 Å². The summed E-state index contributed by atoms with van der Waals surface area (Å²) in [6.07, 6.45) is 0. The Morgan fingerprint density at radius 2 is 2.19 bits per heavy atom. The topological polar surface area (TPSA) is 46.5 Å². The van der Waals surface area contributed by atoms with Crippen molar-refractivity contribution >= 4 is 33.5 Å². The standard InChI is InChI=1S/C9H6BrClF2O3/c10-3-4-1-5(8(14)15)7(11)6(2-4)16-9(12)13/h1-2,9H,3H2,(H,14,15). The Bertz CT molecular complexity index is 412. The molecule has 0 aliphatic carbocycles. The summed E-state index contributed by atoms with van der Waals surface area (Å²) in [6, 6.07) is 2.55. The van der Waals surface area contributed by atoms with Crippen LogP contribution in [0.15, 0.2) is 12.1 Å². The summed E-state index contributed by atoms with van der Waals surface area (Å²) < 4.78 is 28.2. The molecule has 0 unspecified atom stereocenters. The molecule has 7 heteroatoms. The Kier molecular flexibility index (Phi) is 4.49. The summed E-state index contributed by atoms with van der Waals surface area (Å²) in [7, 11) is 0. The quantitative estimate of drug-likeness (QED) is 0.865. The lowest BCUT2D eigenvalue weighted by atomic mass is 10.1. The van der Waals surface area contributed by atoms with Crippen molar-refractivity contribution in [2.75, 3.05) is 0 Å². The fourth-order valence-electron chi connectivity index (χ4n) is 1.07. The molecular formula is C9H6BrClF2O3. The van der Waals surface area contributed by atoms with Crippen LogP contribution in [0.2, 0.25) is 5.02 Å². The second-order valence-corrected chi connectivity index (χ2v) is 3.71. The SMILES string of the molecule is O=C(O)c1cc(CBr)cc(OC(F)F)c1Cl. The third-order valence-corrected chi connectivity index (χ3v) is 2.74. The zero-order valence-electron chi connectivity index (χ0n) is 7.71. The molecule has 1 N–H and O–H groups in total. The Hall–Kier alpha value is -0.880. The molecule has 88 valence electrons. The maximum atomic E-state index is 12.0. The minimum absolute atomic E-state index is 0.269. The molecule has 0 heterocycles. The summed E-state index contributed by atoms with van der Waals surface area (Å²) in [5.74, 6) is -1.64. The summed E-state index contributed by atoms with van der Waals surface area (Å²) in [5, 5.41) is 8.78. The molecule has 16 heavy (non-hydrogen) atoms. The molecule has 1 rings (SSSR count). The lowest BCUT2D eigenvalue weighted by Gasteiger charge is -2.10. The molecule has 0 aliphatic heterocycles. The van der Waals surface area contributed by atoms with Crippen molar-refractivity contribution in [2.24, 2.45) is 0 Å². The van der Waals surface area contributed by atoms with Crippen LogP contribution in [-0.2, 0) is 5.33 Å². The Morgan fingerprint density at radius 1 is 1.56 bits per heavy atom. The summed E-state index contributed by atoms with van der Waals surface area (Å²) in [4.78, 5) is 10.8. The lowest BCUT2D eigenvalue weighted by Crippen LogP contribution is -2.06. The molecule has 0 aliphatic rings. The van der Waals surface area contributed by atoms with Crippen LogP contribution in [0.4, 0.5) is 8.78 Å². The Morgan fingerprint density at radius 3 is 2.62 bits per heavy atom. The van der Waals surface area contributed by atoms with Gasteiger partial charge in [-0.25, -0.2) is 4.79 Å². The van der Waals surface area contributed by atoms with Crippen LogP contribution in [0.3, 0.4) is 0 Å². The average molecular weight is 315 g/mol.